The molecule has 2 aliphatic heterocycles. The Morgan fingerprint density at radius 3 is 2.93 bits per heavy atom. The lowest BCUT2D eigenvalue weighted by Gasteiger charge is -2.39. The number of carbonyl (C=O) groups is 2. The molecule has 2 aromatic rings. The molecule has 2 aliphatic rings. The third-order valence-corrected chi connectivity index (χ3v) is 6.70. The number of imidazole rings is 1. The molecular formula is C20H28N6O2S. The zero-order chi connectivity index (χ0) is 20.4. The topological polar surface area (TPSA) is 83.4 Å². The van der Waals surface area contributed by atoms with Gasteiger partial charge in [-0.2, -0.15) is 0 Å². The minimum atomic E-state index is -0.141. The minimum Gasteiger partial charge on any atom is -0.355 e. The average Bonchev–Trinajstić information content (AvgIpc) is 3.42. The van der Waals surface area contributed by atoms with E-state index in [-0.39, 0.29) is 29.8 Å². The molecule has 4 heterocycles. The van der Waals surface area contributed by atoms with Crippen molar-refractivity contribution in [3.05, 3.63) is 34.8 Å². The van der Waals surface area contributed by atoms with E-state index in [0.29, 0.717) is 19.6 Å². The summed E-state index contributed by atoms with van der Waals surface area (Å²) in [5.74, 6) is 0.995. The van der Waals surface area contributed by atoms with Crippen LogP contribution < -0.4 is 5.32 Å². The lowest BCUT2D eigenvalue weighted by atomic mass is 9.96. The molecule has 2 amide bonds. The highest BCUT2D eigenvalue weighted by Crippen LogP contribution is 2.35. The smallest absolute Gasteiger partial charge is 0.237 e. The summed E-state index contributed by atoms with van der Waals surface area (Å²) in [6.45, 7) is 4.48. The summed E-state index contributed by atoms with van der Waals surface area (Å²) in [7, 11) is 1.97. The van der Waals surface area contributed by atoms with E-state index in [2.05, 4.69) is 27.1 Å². The molecule has 9 heteroatoms. The number of aryl methyl sites for hydroxylation is 1. The van der Waals surface area contributed by atoms with Gasteiger partial charge in [0.2, 0.25) is 11.8 Å². The summed E-state index contributed by atoms with van der Waals surface area (Å²) in [6.07, 6.45) is 5.96. The van der Waals surface area contributed by atoms with E-state index in [1.807, 2.05) is 33.6 Å². The highest BCUT2D eigenvalue weighted by molar-refractivity contribution is 7.07. The standard InChI is InChI=1S/C20H28N6O2S/c1-3-17-16(20(28)22-5-4-14-12-29-13-23-14)8-15-9-25(11-19(27)26(15)17)10-18-21-6-7-24(18)2/h6-7,12-13,15-17H,3-5,8-11H2,1-2H3,(H,22,28)/t15-,16-,17-/m1/s1. The van der Waals surface area contributed by atoms with E-state index in [4.69, 9.17) is 0 Å². The molecule has 0 bridgehead atoms. The van der Waals surface area contributed by atoms with Crippen LogP contribution in [0.1, 0.15) is 31.3 Å². The van der Waals surface area contributed by atoms with Crippen molar-refractivity contribution in [2.24, 2.45) is 13.0 Å². The van der Waals surface area contributed by atoms with Gasteiger partial charge in [0.1, 0.15) is 5.82 Å². The fourth-order valence-corrected chi connectivity index (χ4v) is 5.25. The fraction of sp³-hybridized carbons (Fsp3) is 0.600. The van der Waals surface area contributed by atoms with Gasteiger partial charge in [0, 0.05) is 56.4 Å². The van der Waals surface area contributed by atoms with Crippen LogP contribution in [-0.2, 0) is 29.6 Å². The first-order valence-corrected chi connectivity index (χ1v) is 11.2. The molecule has 29 heavy (non-hydrogen) atoms. The number of aromatic nitrogens is 3. The fourth-order valence-electron chi connectivity index (χ4n) is 4.65. The van der Waals surface area contributed by atoms with Crippen LogP contribution in [0.15, 0.2) is 23.3 Å². The Kier molecular flexibility index (Phi) is 5.96. The number of carbonyl (C=O) groups excluding carboxylic acids is 2. The Balaban J connectivity index is 1.38. The van der Waals surface area contributed by atoms with Crippen molar-refractivity contribution in [2.75, 3.05) is 19.6 Å². The van der Waals surface area contributed by atoms with Crippen LogP contribution in [0, 0.1) is 5.92 Å². The summed E-state index contributed by atoms with van der Waals surface area (Å²) in [6, 6.07) is 0.0813. The van der Waals surface area contributed by atoms with E-state index < -0.39 is 0 Å². The van der Waals surface area contributed by atoms with Gasteiger partial charge in [-0.25, -0.2) is 9.97 Å². The third kappa shape index (κ3) is 4.20. The van der Waals surface area contributed by atoms with Gasteiger partial charge in [-0.05, 0) is 12.8 Å². The van der Waals surface area contributed by atoms with E-state index in [1.54, 1.807) is 17.5 Å². The Hall–Kier alpha value is -2.26. The molecule has 156 valence electrons. The third-order valence-electron chi connectivity index (χ3n) is 6.06. The molecule has 2 saturated heterocycles. The molecule has 0 unspecified atom stereocenters. The molecule has 0 saturated carbocycles. The normalized spacial score (nSPS) is 24.7. The average molecular weight is 417 g/mol. The van der Waals surface area contributed by atoms with Crippen molar-refractivity contribution < 1.29 is 9.59 Å². The summed E-state index contributed by atoms with van der Waals surface area (Å²) in [5, 5.41) is 5.07. The van der Waals surface area contributed by atoms with Gasteiger partial charge in [-0.1, -0.05) is 6.92 Å². The monoisotopic (exact) mass is 416 g/mol. The lowest BCUT2D eigenvalue weighted by molar-refractivity contribution is -0.141. The Morgan fingerprint density at radius 2 is 2.24 bits per heavy atom. The van der Waals surface area contributed by atoms with E-state index in [0.717, 1.165) is 37.3 Å². The highest BCUT2D eigenvalue weighted by Gasteiger charge is 2.48. The van der Waals surface area contributed by atoms with Crippen molar-refractivity contribution in [3.8, 4) is 0 Å². The summed E-state index contributed by atoms with van der Waals surface area (Å²) >= 11 is 1.56. The van der Waals surface area contributed by atoms with Gasteiger partial charge in [-0.15, -0.1) is 11.3 Å². The maximum atomic E-state index is 12.9. The highest BCUT2D eigenvalue weighted by atomic mass is 32.1. The van der Waals surface area contributed by atoms with E-state index in [1.165, 1.54) is 0 Å². The van der Waals surface area contributed by atoms with Crippen LogP contribution >= 0.6 is 11.3 Å². The molecule has 3 atom stereocenters. The number of thiazole rings is 1. The number of hydrogen-bond acceptors (Lipinski definition) is 6. The number of amides is 2. The molecule has 2 fully saturated rings. The van der Waals surface area contributed by atoms with Gasteiger partial charge in [-0.3, -0.25) is 14.5 Å². The predicted molar refractivity (Wildman–Crippen MR) is 110 cm³/mol. The molecule has 0 aromatic carbocycles. The number of rotatable bonds is 7. The van der Waals surface area contributed by atoms with Gasteiger partial charge in [0.05, 0.1) is 30.2 Å². The zero-order valence-electron chi connectivity index (χ0n) is 17.0. The molecular weight excluding hydrogens is 388 g/mol. The number of fused-ring (bicyclic) bond motifs is 1. The number of piperazine rings is 1. The van der Waals surface area contributed by atoms with Gasteiger partial charge in [0.15, 0.2) is 0 Å². The van der Waals surface area contributed by atoms with E-state index >= 15 is 0 Å². The van der Waals surface area contributed by atoms with Crippen LogP contribution in [0.3, 0.4) is 0 Å². The van der Waals surface area contributed by atoms with Gasteiger partial charge >= 0.3 is 0 Å². The van der Waals surface area contributed by atoms with Gasteiger partial charge < -0.3 is 14.8 Å². The molecule has 0 spiro atoms. The van der Waals surface area contributed by atoms with Crippen LogP contribution in [0.25, 0.3) is 0 Å². The summed E-state index contributed by atoms with van der Waals surface area (Å²) in [5.41, 5.74) is 2.81. The Morgan fingerprint density at radius 1 is 1.38 bits per heavy atom. The van der Waals surface area contributed by atoms with Gasteiger partial charge in [0.25, 0.3) is 0 Å². The summed E-state index contributed by atoms with van der Waals surface area (Å²) in [4.78, 5) is 38.6. The molecule has 1 N–H and O–H groups in total. The number of hydrogen-bond donors (Lipinski definition) is 1. The predicted octanol–water partition coefficient (Wildman–Crippen LogP) is 1.05. The van der Waals surface area contributed by atoms with Crippen LogP contribution in [0.2, 0.25) is 0 Å². The molecule has 0 aliphatic carbocycles. The van der Waals surface area contributed by atoms with Crippen molar-refractivity contribution in [1.82, 2.24) is 29.7 Å². The SMILES string of the molecule is CC[C@@H]1[C@H](C(=O)NCCc2cscn2)C[C@@H]2CN(Cc3nccn3C)CC(=O)N21. The first-order chi connectivity index (χ1) is 14.1. The second-order valence-corrected chi connectivity index (χ2v) is 8.64. The summed E-state index contributed by atoms with van der Waals surface area (Å²) < 4.78 is 1.99. The first-order valence-electron chi connectivity index (χ1n) is 10.2. The van der Waals surface area contributed by atoms with Crippen molar-refractivity contribution in [2.45, 2.75) is 44.8 Å². The largest absolute Gasteiger partial charge is 0.355 e. The number of nitrogens with zero attached hydrogens (tertiary/aromatic N) is 5. The molecule has 4 rings (SSSR count). The Bertz CT molecular complexity index is 851. The maximum Gasteiger partial charge on any atom is 0.237 e. The van der Waals surface area contributed by atoms with Crippen LogP contribution in [-0.4, -0.2) is 67.9 Å². The van der Waals surface area contributed by atoms with Crippen LogP contribution in [0.5, 0.6) is 0 Å². The Labute approximate surface area is 174 Å². The van der Waals surface area contributed by atoms with Crippen molar-refractivity contribution in [3.63, 3.8) is 0 Å². The quantitative estimate of drug-likeness (QED) is 0.729. The molecule has 8 nitrogen and oxygen atoms in total. The van der Waals surface area contributed by atoms with Crippen molar-refractivity contribution >= 4 is 23.2 Å². The number of nitrogens with one attached hydrogen (secondary N) is 1. The molecule has 2 aromatic heterocycles. The minimum absolute atomic E-state index is 0.0120. The van der Waals surface area contributed by atoms with E-state index in [9.17, 15) is 9.59 Å². The van der Waals surface area contributed by atoms with Crippen LogP contribution in [0.4, 0.5) is 0 Å². The lowest BCUT2D eigenvalue weighted by Crippen LogP contribution is -2.56. The second-order valence-electron chi connectivity index (χ2n) is 7.92. The zero-order valence-corrected chi connectivity index (χ0v) is 17.8. The first kappa shape index (κ1) is 20.0. The molecule has 0 radical (unpaired) electrons. The maximum absolute atomic E-state index is 12.9. The van der Waals surface area contributed by atoms with Crippen molar-refractivity contribution in [1.29, 1.82) is 0 Å². The second kappa shape index (κ2) is 8.62.